The van der Waals surface area contributed by atoms with Crippen LogP contribution >= 0.6 is 15.9 Å². The molecule has 0 atom stereocenters. The second kappa shape index (κ2) is 8.11. The standard InChI is InChI=1S/C23H19BrFN5O/c24-18-13-27-30-21(11-20(29-22(18)30)17-3-1-2-4-19(17)25)26-12-14-5-7-15(8-6-14)23(31)28-16-9-10-16/h1-8,11,13,16,26H,9-10,12H2,(H,28,31). The molecule has 6 nitrogen and oxygen atoms in total. The molecule has 156 valence electrons. The molecule has 0 unspecified atom stereocenters. The number of hydrogen-bond acceptors (Lipinski definition) is 4. The SMILES string of the molecule is O=C(NC1CC1)c1ccc(CNc2cc(-c3ccccc3F)nc3c(Br)cnn23)cc1. The van der Waals surface area contributed by atoms with Gasteiger partial charge in [-0.1, -0.05) is 24.3 Å². The Bertz CT molecular complexity index is 1270. The zero-order valence-corrected chi connectivity index (χ0v) is 18.1. The molecule has 2 aromatic heterocycles. The van der Waals surface area contributed by atoms with E-state index in [4.69, 9.17) is 0 Å². The predicted molar refractivity (Wildman–Crippen MR) is 120 cm³/mol. The van der Waals surface area contributed by atoms with Crippen LogP contribution in [-0.2, 0) is 6.54 Å². The molecule has 0 bridgehead atoms. The lowest BCUT2D eigenvalue weighted by Crippen LogP contribution is -2.25. The molecular formula is C23H19BrFN5O. The van der Waals surface area contributed by atoms with E-state index in [0.29, 0.717) is 40.9 Å². The van der Waals surface area contributed by atoms with Gasteiger partial charge in [-0.15, -0.1) is 0 Å². The van der Waals surface area contributed by atoms with E-state index in [1.165, 1.54) is 6.07 Å². The average Bonchev–Trinajstić information content (AvgIpc) is 3.52. The van der Waals surface area contributed by atoms with Crippen LogP contribution in [0.2, 0.25) is 0 Å². The molecule has 31 heavy (non-hydrogen) atoms. The van der Waals surface area contributed by atoms with Crippen LogP contribution in [0.1, 0.15) is 28.8 Å². The molecule has 2 heterocycles. The summed E-state index contributed by atoms with van der Waals surface area (Å²) in [5.41, 5.74) is 3.19. The molecule has 2 N–H and O–H groups in total. The van der Waals surface area contributed by atoms with Crippen LogP contribution in [-0.4, -0.2) is 26.5 Å². The molecule has 1 fully saturated rings. The number of nitrogens with zero attached hydrogens (tertiary/aromatic N) is 3. The van der Waals surface area contributed by atoms with Crippen molar-refractivity contribution in [1.29, 1.82) is 0 Å². The Balaban J connectivity index is 1.39. The van der Waals surface area contributed by atoms with Crippen molar-refractivity contribution in [1.82, 2.24) is 19.9 Å². The molecule has 1 aliphatic rings. The highest BCUT2D eigenvalue weighted by molar-refractivity contribution is 9.10. The van der Waals surface area contributed by atoms with Gasteiger partial charge < -0.3 is 10.6 Å². The van der Waals surface area contributed by atoms with Crippen molar-refractivity contribution in [3.8, 4) is 11.3 Å². The van der Waals surface area contributed by atoms with Crippen molar-refractivity contribution >= 4 is 33.3 Å². The first-order valence-electron chi connectivity index (χ1n) is 10.0. The average molecular weight is 480 g/mol. The Morgan fingerprint density at radius 3 is 2.68 bits per heavy atom. The van der Waals surface area contributed by atoms with Crippen LogP contribution in [0.3, 0.4) is 0 Å². The zero-order chi connectivity index (χ0) is 21.4. The first kappa shape index (κ1) is 19.7. The van der Waals surface area contributed by atoms with E-state index in [-0.39, 0.29) is 11.7 Å². The van der Waals surface area contributed by atoms with Gasteiger partial charge in [-0.05, 0) is 58.6 Å². The third kappa shape index (κ3) is 4.16. The van der Waals surface area contributed by atoms with Gasteiger partial charge in [0.25, 0.3) is 5.91 Å². The van der Waals surface area contributed by atoms with Crippen molar-refractivity contribution in [2.75, 3.05) is 5.32 Å². The number of benzene rings is 2. The summed E-state index contributed by atoms with van der Waals surface area (Å²) < 4.78 is 16.7. The summed E-state index contributed by atoms with van der Waals surface area (Å²) >= 11 is 3.46. The Labute approximate surface area is 186 Å². The van der Waals surface area contributed by atoms with Gasteiger partial charge in [0, 0.05) is 29.8 Å². The molecule has 5 rings (SSSR count). The van der Waals surface area contributed by atoms with Gasteiger partial charge in [-0.2, -0.15) is 9.61 Å². The number of nitrogens with one attached hydrogen (secondary N) is 2. The third-order valence-electron chi connectivity index (χ3n) is 5.18. The molecule has 1 saturated carbocycles. The van der Waals surface area contributed by atoms with Crippen LogP contribution in [0, 0.1) is 5.82 Å². The Morgan fingerprint density at radius 2 is 1.94 bits per heavy atom. The molecule has 0 spiro atoms. The summed E-state index contributed by atoms with van der Waals surface area (Å²) in [7, 11) is 0. The number of fused-ring (bicyclic) bond motifs is 1. The molecule has 4 aromatic rings. The molecule has 2 aromatic carbocycles. The van der Waals surface area contributed by atoms with Crippen molar-refractivity contribution in [2.45, 2.75) is 25.4 Å². The Morgan fingerprint density at radius 1 is 1.16 bits per heavy atom. The fraction of sp³-hybridized carbons (Fsp3) is 0.174. The first-order chi connectivity index (χ1) is 15.1. The second-order valence-corrected chi connectivity index (χ2v) is 8.39. The normalized spacial score (nSPS) is 13.4. The lowest BCUT2D eigenvalue weighted by molar-refractivity contribution is 0.0951. The van der Waals surface area contributed by atoms with E-state index < -0.39 is 0 Å². The van der Waals surface area contributed by atoms with Crippen LogP contribution in [0.15, 0.2) is 65.3 Å². The van der Waals surface area contributed by atoms with E-state index in [2.05, 4.69) is 36.6 Å². The number of rotatable bonds is 6. The van der Waals surface area contributed by atoms with Crippen LogP contribution in [0.25, 0.3) is 16.9 Å². The number of halogens is 2. The number of carbonyl (C=O) groups is 1. The summed E-state index contributed by atoms with van der Waals surface area (Å²) in [6, 6.07) is 16.2. The summed E-state index contributed by atoms with van der Waals surface area (Å²) in [6.45, 7) is 0.512. The van der Waals surface area contributed by atoms with E-state index in [0.717, 1.165) is 22.9 Å². The number of hydrogen-bond donors (Lipinski definition) is 2. The fourth-order valence-corrected chi connectivity index (χ4v) is 3.68. The minimum atomic E-state index is -0.332. The largest absolute Gasteiger partial charge is 0.366 e. The van der Waals surface area contributed by atoms with E-state index in [9.17, 15) is 9.18 Å². The van der Waals surface area contributed by atoms with Gasteiger partial charge in [-0.3, -0.25) is 4.79 Å². The fourth-order valence-electron chi connectivity index (χ4n) is 3.33. The zero-order valence-electron chi connectivity index (χ0n) is 16.5. The van der Waals surface area contributed by atoms with E-state index in [1.54, 1.807) is 35.0 Å². The van der Waals surface area contributed by atoms with Gasteiger partial charge in [0.2, 0.25) is 0 Å². The summed E-state index contributed by atoms with van der Waals surface area (Å²) in [4.78, 5) is 16.7. The lowest BCUT2D eigenvalue weighted by Gasteiger charge is -2.12. The molecule has 1 amide bonds. The van der Waals surface area contributed by atoms with E-state index >= 15 is 0 Å². The quantitative estimate of drug-likeness (QED) is 0.416. The highest BCUT2D eigenvalue weighted by Gasteiger charge is 2.23. The monoisotopic (exact) mass is 479 g/mol. The maximum Gasteiger partial charge on any atom is 0.251 e. The van der Waals surface area contributed by atoms with Gasteiger partial charge in [-0.25, -0.2) is 9.37 Å². The molecular weight excluding hydrogens is 461 g/mol. The topological polar surface area (TPSA) is 71.3 Å². The van der Waals surface area contributed by atoms with Crippen molar-refractivity contribution in [2.24, 2.45) is 0 Å². The van der Waals surface area contributed by atoms with Gasteiger partial charge in [0.05, 0.1) is 16.4 Å². The van der Waals surface area contributed by atoms with Gasteiger partial charge in [0.1, 0.15) is 11.6 Å². The van der Waals surface area contributed by atoms with Gasteiger partial charge in [0.15, 0.2) is 5.65 Å². The summed E-state index contributed by atoms with van der Waals surface area (Å²) in [6.07, 6.45) is 3.78. The maximum absolute atomic E-state index is 14.3. The first-order valence-corrected chi connectivity index (χ1v) is 10.8. The highest BCUT2D eigenvalue weighted by atomic mass is 79.9. The molecule has 0 radical (unpaired) electrons. The minimum Gasteiger partial charge on any atom is -0.366 e. The Hall–Kier alpha value is -3.26. The lowest BCUT2D eigenvalue weighted by atomic mass is 10.1. The van der Waals surface area contributed by atoms with Crippen molar-refractivity contribution in [3.63, 3.8) is 0 Å². The van der Waals surface area contributed by atoms with Crippen molar-refractivity contribution < 1.29 is 9.18 Å². The Kier molecular flexibility index (Phi) is 5.15. The highest BCUT2D eigenvalue weighted by Crippen LogP contribution is 2.27. The predicted octanol–water partition coefficient (Wildman–Crippen LogP) is 4.80. The maximum atomic E-state index is 14.3. The van der Waals surface area contributed by atoms with E-state index in [1.807, 2.05) is 24.3 Å². The van der Waals surface area contributed by atoms with Crippen molar-refractivity contribution in [3.05, 3.63) is 82.2 Å². The molecule has 0 saturated heterocycles. The third-order valence-corrected chi connectivity index (χ3v) is 5.74. The number of amides is 1. The minimum absolute atomic E-state index is 0.0335. The molecule has 8 heteroatoms. The second-order valence-electron chi connectivity index (χ2n) is 7.53. The summed E-state index contributed by atoms with van der Waals surface area (Å²) in [5.74, 6) is 0.319. The smallest absolute Gasteiger partial charge is 0.251 e. The molecule has 1 aliphatic carbocycles. The van der Waals surface area contributed by atoms with Crippen LogP contribution in [0.4, 0.5) is 10.2 Å². The van der Waals surface area contributed by atoms with Gasteiger partial charge >= 0.3 is 0 Å². The van der Waals surface area contributed by atoms with Crippen LogP contribution in [0.5, 0.6) is 0 Å². The summed E-state index contributed by atoms with van der Waals surface area (Å²) in [5, 5.41) is 10.7. The number of anilines is 1. The van der Waals surface area contributed by atoms with Crippen LogP contribution < -0.4 is 10.6 Å². The molecule has 0 aliphatic heterocycles. The number of aromatic nitrogens is 3. The number of carbonyl (C=O) groups excluding carboxylic acids is 1.